The zero-order chi connectivity index (χ0) is 13.4. The van der Waals surface area contributed by atoms with Crippen molar-refractivity contribution in [3.8, 4) is 17.5 Å². The van der Waals surface area contributed by atoms with Crippen LogP contribution in [-0.4, -0.2) is 14.6 Å². The summed E-state index contributed by atoms with van der Waals surface area (Å²) in [6.07, 6.45) is 1.68. The van der Waals surface area contributed by atoms with Gasteiger partial charge in [-0.25, -0.2) is 0 Å². The van der Waals surface area contributed by atoms with Crippen LogP contribution in [0.15, 0.2) is 36.5 Å². The summed E-state index contributed by atoms with van der Waals surface area (Å²) in [5, 5.41) is 18.1. The van der Waals surface area contributed by atoms with Crippen molar-refractivity contribution in [2.24, 2.45) is 0 Å². The van der Waals surface area contributed by atoms with Crippen LogP contribution in [0.1, 0.15) is 5.56 Å². The maximum absolute atomic E-state index is 8.94. The molecule has 92 valence electrons. The van der Waals surface area contributed by atoms with E-state index in [-0.39, 0.29) is 0 Å². The molecule has 2 aromatic heterocycles. The minimum atomic E-state index is 0.490. The highest BCUT2D eigenvalue weighted by Gasteiger charge is 2.12. The third-order valence-electron chi connectivity index (χ3n) is 2.70. The Labute approximate surface area is 118 Å². The van der Waals surface area contributed by atoms with Gasteiger partial charge in [-0.2, -0.15) is 5.26 Å². The van der Waals surface area contributed by atoms with Crippen LogP contribution in [0.3, 0.4) is 0 Å². The van der Waals surface area contributed by atoms with Gasteiger partial charge in [0, 0.05) is 16.8 Å². The fraction of sp³-hybridized carbons (Fsp3) is 0. The van der Waals surface area contributed by atoms with Crippen molar-refractivity contribution >= 4 is 28.8 Å². The zero-order valence-electron chi connectivity index (χ0n) is 9.51. The number of aromatic nitrogens is 3. The van der Waals surface area contributed by atoms with Gasteiger partial charge in [0.15, 0.2) is 11.5 Å². The second kappa shape index (κ2) is 4.54. The average molecular weight is 289 g/mol. The van der Waals surface area contributed by atoms with Crippen molar-refractivity contribution in [3.05, 3.63) is 52.1 Å². The highest BCUT2D eigenvalue weighted by atomic mass is 35.5. The number of nitriles is 1. The first kappa shape index (κ1) is 12.0. The molecule has 0 spiro atoms. The fourth-order valence-corrected chi connectivity index (χ4v) is 2.30. The predicted octanol–water partition coefficient (Wildman–Crippen LogP) is 3.57. The predicted molar refractivity (Wildman–Crippen MR) is 73.2 cm³/mol. The SMILES string of the molecule is N#Cc1ccc2nnc(-c3ccc(Cl)cc3Cl)n2c1. The summed E-state index contributed by atoms with van der Waals surface area (Å²) in [4.78, 5) is 0. The maximum atomic E-state index is 8.94. The molecule has 0 aliphatic carbocycles. The Hall–Kier alpha value is -2.09. The smallest absolute Gasteiger partial charge is 0.169 e. The molecule has 19 heavy (non-hydrogen) atoms. The number of fused-ring (bicyclic) bond motifs is 1. The van der Waals surface area contributed by atoms with E-state index in [1.165, 1.54) is 0 Å². The summed E-state index contributed by atoms with van der Waals surface area (Å²) in [5.74, 6) is 0.578. The lowest BCUT2D eigenvalue weighted by atomic mass is 10.2. The van der Waals surface area contributed by atoms with Gasteiger partial charge in [-0.15, -0.1) is 10.2 Å². The van der Waals surface area contributed by atoms with E-state index in [1.807, 2.05) is 0 Å². The molecule has 0 saturated heterocycles. The third kappa shape index (κ3) is 2.03. The number of benzene rings is 1. The fourth-order valence-electron chi connectivity index (χ4n) is 1.81. The van der Waals surface area contributed by atoms with Crippen LogP contribution in [0.5, 0.6) is 0 Å². The monoisotopic (exact) mass is 288 g/mol. The number of pyridine rings is 1. The van der Waals surface area contributed by atoms with Crippen LogP contribution in [0.25, 0.3) is 17.0 Å². The minimum Gasteiger partial charge on any atom is -0.281 e. The van der Waals surface area contributed by atoms with E-state index in [2.05, 4.69) is 16.3 Å². The first-order valence-corrected chi connectivity index (χ1v) is 6.15. The lowest BCUT2D eigenvalue weighted by Gasteiger charge is -2.03. The normalized spacial score (nSPS) is 10.6. The van der Waals surface area contributed by atoms with Gasteiger partial charge in [0.2, 0.25) is 0 Å². The summed E-state index contributed by atoms with van der Waals surface area (Å²) >= 11 is 12.0. The molecule has 2 heterocycles. The molecule has 0 saturated carbocycles. The van der Waals surface area contributed by atoms with E-state index in [1.54, 1.807) is 40.9 Å². The van der Waals surface area contributed by atoms with E-state index in [0.29, 0.717) is 32.6 Å². The number of hydrogen-bond acceptors (Lipinski definition) is 3. The Balaban J connectivity index is 2.28. The first-order chi connectivity index (χ1) is 9.19. The summed E-state index contributed by atoms with van der Waals surface area (Å²) in [5.41, 5.74) is 1.90. The van der Waals surface area contributed by atoms with Crippen LogP contribution in [-0.2, 0) is 0 Å². The lowest BCUT2D eigenvalue weighted by molar-refractivity contribution is 1.11. The summed E-state index contributed by atoms with van der Waals surface area (Å²) in [7, 11) is 0. The van der Waals surface area contributed by atoms with E-state index in [0.717, 1.165) is 0 Å². The van der Waals surface area contributed by atoms with E-state index < -0.39 is 0 Å². The molecule has 6 heteroatoms. The largest absolute Gasteiger partial charge is 0.281 e. The van der Waals surface area contributed by atoms with Crippen LogP contribution in [0, 0.1) is 11.3 Å². The second-order valence-electron chi connectivity index (χ2n) is 3.91. The maximum Gasteiger partial charge on any atom is 0.169 e. The van der Waals surface area contributed by atoms with Gasteiger partial charge in [0.1, 0.15) is 6.07 Å². The molecule has 0 fully saturated rings. The Morgan fingerprint density at radius 2 is 1.95 bits per heavy atom. The number of hydrogen-bond donors (Lipinski definition) is 0. The van der Waals surface area contributed by atoms with Gasteiger partial charge in [0.25, 0.3) is 0 Å². The molecule has 0 unspecified atom stereocenters. The Bertz CT molecular complexity index is 817. The highest BCUT2D eigenvalue weighted by molar-refractivity contribution is 6.36. The molecule has 0 aliphatic heterocycles. The van der Waals surface area contributed by atoms with Crippen LogP contribution in [0.2, 0.25) is 10.0 Å². The summed E-state index contributed by atoms with van der Waals surface area (Å²) < 4.78 is 1.73. The molecule has 0 aliphatic rings. The van der Waals surface area contributed by atoms with Crippen LogP contribution in [0.4, 0.5) is 0 Å². The third-order valence-corrected chi connectivity index (χ3v) is 3.25. The van der Waals surface area contributed by atoms with Crippen molar-refractivity contribution in [2.75, 3.05) is 0 Å². The van der Waals surface area contributed by atoms with Crippen molar-refractivity contribution < 1.29 is 0 Å². The van der Waals surface area contributed by atoms with Crippen molar-refractivity contribution in [2.45, 2.75) is 0 Å². The molecule has 4 nitrogen and oxygen atoms in total. The number of halogens is 2. The molecule has 0 bridgehead atoms. The van der Waals surface area contributed by atoms with E-state index >= 15 is 0 Å². The van der Waals surface area contributed by atoms with E-state index in [9.17, 15) is 0 Å². The molecule has 0 N–H and O–H groups in total. The van der Waals surface area contributed by atoms with Crippen LogP contribution < -0.4 is 0 Å². The summed E-state index contributed by atoms with van der Waals surface area (Å²) in [6.45, 7) is 0. The van der Waals surface area contributed by atoms with Crippen molar-refractivity contribution in [1.82, 2.24) is 14.6 Å². The Morgan fingerprint density at radius 3 is 2.68 bits per heavy atom. The van der Waals surface area contributed by atoms with Gasteiger partial charge in [-0.05, 0) is 30.3 Å². The van der Waals surface area contributed by atoms with Gasteiger partial charge in [0.05, 0.1) is 10.6 Å². The molecule has 3 aromatic rings. The first-order valence-electron chi connectivity index (χ1n) is 5.39. The second-order valence-corrected chi connectivity index (χ2v) is 4.75. The molecule has 0 amide bonds. The molecule has 0 radical (unpaired) electrons. The van der Waals surface area contributed by atoms with Gasteiger partial charge in [-0.1, -0.05) is 23.2 Å². The van der Waals surface area contributed by atoms with Gasteiger partial charge in [-0.3, -0.25) is 4.40 Å². The molecular weight excluding hydrogens is 283 g/mol. The number of rotatable bonds is 1. The Morgan fingerprint density at radius 1 is 1.11 bits per heavy atom. The quantitative estimate of drug-likeness (QED) is 0.688. The standard InChI is InChI=1S/C13H6Cl2N4/c14-9-2-3-10(11(15)5-9)13-18-17-12-4-1-8(6-16)7-19(12)13/h1-5,7H. The average Bonchev–Trinajstić information content (AvgIpc) is 2.81. The minimum absolute atomic E-state index is 0.490. The van der Waals surface area contributed by atoms with E-state index in [4.69, 9.17) is 28.5 Å². The molecule has 3 rings (SSSR count). The Kier molecular flexibility index (Phi) is 2.86. The lowest BCUT2D eigenvalue weighted by Crippen LogP contribution is -1.91. The van der Waals surface area contributed by atoms with Crippen LogP contribution >= 0.6 is 23.2 Å². The molecule has 0 atom stereocenters. The summed E-state index contributed by atoms with van der Waals surface area (Å²) in [6, 6.07) is 10.7. The topological polar surface area (TPSA) is 54.0 Å². The molecule has 1 aromatic carbocycles. The van der Waals surface area contributed by atoms with Crippen molar-refractivity contribution in [1.29, 1.82) is 5.26 Å². The number of nitrogens with zero attached hydrogens (tertiary/aromatic N) is 4. The zero-order valence-corrected chi connectivity index (χ0v) is 11.0. The molecular formula is C13H6Cl2N4. The van der Waals surface area contributed by atoms with Gasteiger partial charge < -0.3 is 0 Å². The highest BCUT2D eigenvalue weighted by Crippen LogP contribution is 2.29. The van der Waals surface area contributed by atoms with Gasteiger partial charge >= 0.3 is 0 Å². The van der Waals surface area contributed by atoms with Crippen molar-refractivity contribution in [3.63, 3.8) is 0 Å².